The van der Waals surface area contributed by atoms with Crippen molar-refractivity contribution in [2.75, 3.05) is 0 Å². The quantitative estimate of drug-likeness (QED) is 0.0812. The number of halogens is 3. The first-order valence-electron chi connectivity index (χ1n) is 14.0. The number of oxime groups is 1. The number of hydrogen-bond donors (Lipinski definition) is 2. The van der Waals surface area contributed by atoms with Gasteiger partial charge in [0.2, 0.25) is 5.76 Å². The molecule has 44 heavy (non-hydrogen) atoms. The predicted octanol–water partition coefficient (Wildman–Crippen LogP) is 8.29. The number of carbonyl (C=O) groups is 1. The first-order chi connectivity index (χ1) is 20.9. The van der Waals surface area contributed by atoms with Crippen LogP contribution in [0.5, 0.6) is 0 Å². The maximum absolute atomic E-state index is 14.1. The third-order valence-electron chi connectivity index (χ3n) is 7.92. The number of benzene rings is 4. The minimum Gasteiger partial charge on any atom is -0.455 e. The van der Waals surface area contributed by atoms with Crippen LogP contribution in [0.3, 0.4) is 0 Å². The van der Waals surface area contributed by atoms with Crippen LogP contribution < -0.4 is 5.73 Å². The fourth-order valence-electron chi connectivity index (χ4n) is 5.21. The fraction of sp³-hybridized carbons (Fsp3) is 0.200. The number of amidine groups is 1. The summed E-state index contributed by atoms with van der Waals surface area (Å²) < 4.78 is 44.9. The standard InChI is InChI=1S/C35H32F3N3O3/c1-22-11-14-25-7-4-5-10-29(25)31(22)32(42)41(21-28-17-18-30(44-28)35(36,37)38)20-23-12-15-24(16-13-23)26-8-6-9-27(19-26)34(2,3)33(39)40-43/h4-19,43H,20-21H2,1-3H3,(H2,39,40). The molecule has 0 bridgehead atoms. The Morgan fingerprint density at radius 2 is 1.61 bits per heavy atom. The molecule has 3 N–H and O–H groups in total. The van der Waals surface area contributed by atoms with Gasteiger partial charge in [0.1, 0.15) is 11.6 Å². The molecule has 0 aliphatic carbocycles. The van der Waals surface area contributed by atoms with Crippen molar-refractivity contribution in [2.45, 2.75) is 45.5 Å². The van der Waals surface area contributed by atoms with Crippen molar-refractivity contribution in [1.82, 2.24) is 4.90 Å². The number of furan rings is 1. The minimum absolute atomic E-state index is 0.0327. The smallest absolute Gasteiger partial charge is 0.449 e. The molecule has 1 amide bonds. The Hall–Kier alpha value is -5.05. The number of fused-ring (bicyclic) bond motifs is 1. The van der Waals surface area contributed by atoms with Gasteiger partial charge in [0, 0.05) is 6.54 Å². The number of aryl methyl sites for hydroxylation is 1. The Kier molecular flexibility index (Phi) is 8.23. The van der Waals surface area contributed by atoms with Gasteiger partial charge in [0.15, 0.2) is 0 Å². The van der Waals surface area contributed by atoms with Gasteiger partial charge < -0.3 is 20.3 Å². The lowest BCUT2D eigenvalue weighted by Gasteiger charge is -2.24. The average molecular weight is 600 g/mol. The van der Waals surface area contributed by atoms with Crippen molar-refractivity contribution in [1.29, 1.82) is 0 Å². The zero-order valence-corrected chi connectivity index (χ0v) is 24.5. The summed E-state index contributed by atoms with van der Waals surface area (Å²) in [6, 6.07) is 28.8. The van der Waals surface area contributed by atoms with Gasteiger partial charge in [-0.05, 0) is 71.5 Å². The van der Waals surface area contributed by atoms with Crippen molar-refractivity contribution < 1.29 is 27.6 Å². The van der Waals surface area contributed by atoms with Gasteiger partial charge in [-0.15, -0.1) is 0 Å². The Bertz CT molecular complexity index is 1840. The molecule has 226 valence electrons. The van der Waals surface area contributed by atoms with E-state index in [4.69, 9.17) is 10.2 Å². The molecule has 1 aromatic heterocycles. The van der Waals surface area contributed by atoms with E-state index in [1.54, 1.807) is 0 Å². The van der Waals surface area contributed by atoms with Gasteiger partial charge in [-0.2, -0.15) is 13.2 Å². The van der Waals surface area contributed by atoms with Crippen LogP contribution in [0.4, 0.5) is 13.2 Å². The average Bonchev–Trinajstić information content (AvgIpc) is 3.50. The molecule has 0 aliphatic rings. The molecule has 0 saturated carbocycles. The maximum Gasteiger partial charge on any atom is 0.449 e. The lowest BCUT2D eigenvalue weighted by molar-refractivity contribution is -0.153. The van der Waals surface area contributed by atoms with Crippen LogP contribution in [-0.2, 0) is 24.7 Å². The zero-order chi connectivity index (χ0) is 31.6. The second kappa shape index (κ2) is 11.9. The topological polar surface area (TPSA) is 92.1 Å². The third kappa shape index (κ3) is 6.17. The summed E-state index contributed by atoms with van der Waals surface area (Å²) in [5.74, 6) is -1.30. The Morgan fingerprint density at radius 1 is 0.886 bits per heavy atom. The van der Waals surface area contributed by atoms with Crippen LogP contribution >= 0.6 is 0 Å². The molecule has 0 unspecified atom stereocenters. The van der Waals surface area contributed by atoms with E-state index in [1.807, 2.05) is 106 Å². The Morgan fingerprint density at radius 3 is 2.30 bits per heavy atom. The number of carbonyl (C=O) groups excluding carboxylic acids is 1. The summed E-state index contributed by atoms with van der Waals surface area (Å²) >= 11 is 0. The van der Waals surface area contributed by atoms with Crippen molar-refractivity contribution in [3.05, 3.63) is 131 Å². The molecular weight excluding hydrogens is 567 g/mol. The summed E-state index contributed by atoms with van der Waals surface area (Å²) in [4.78, 5) is 15.6. The summed E-state index contributed by atoms with van der Waals surface area (Å²) in [6.45, 7) is 5.57. The van der Waals surface area contributed by atoms with Gasteiger partial charge in [-0.3, -0.25) is 4.79 Å². The first kappa shape index (κ1) is 30.4. The highest BCUT2D eigenvalue weighted by Gasteiger charge is 2.35. The van der Waals surface area contributed by atoms with E-state index >= 15 is 0 Å². The van der Waals surface area contributed by atoms with Crippen LogP contribution in [0.2, 0.25) is 0 Å². The van der Waals surface area contributed by atoms with Crippen molar-refractivity contribution in [3.8, 4) is 11.1 Å². The van der Waals surface area contributed by atoms with E-state index in [1.165, 1.54) is 11.0 Å². The zero-order valence-electron chi connectivity index (χ0n) is 24.5. The highest BCUT2D eigenvalue weighted by molar-refractivity contribution is 6.08. The molecule has 5 aromatic rings. The van der Waals surface area contributed by atoms with E-state index < -0.39 is 17.4 Å². The molecule has 9 heteroatoms. The number of hydrogen-bond acceptors (Lipinski definition) is 4. The van der Waals surface area contributed by atoms with Gasteiger partial charge in [0.25, 0.3) is 5.91 Å². The number of amides is 1. The van der Waals surface area contributed by atoms with Crippen LogP contribution in [0.15, 0.2) is 107 Å². The molecule has 0 radical (unpaired) electrons. The number of nitrogens with zero attached hydrogens (tertiary/aromatic N) is 2. The van der Waals surface area contributed by atoms with Crippen LogP contribution in [0, 0.1) is 6.92 Å². The second-order valence-electron chi connectivity index (χ2n) is 11.3. The Balaban J connectivity index is 1.47. The second-order valence-corrected chi connectivity index (χ2v) is 11.3. The molecule has 6 nitrogen and oxygen atoms in total. The normalized spacial score (nSPS) is 12.5. The highest BCUT2D eigenvalue weighted by Crippen LogP contribution is 2.32. The van der Waals surface area contributed by atoms with Gasteiger partial charge in [-0.25, -0.2) is 0 Å². The lowest BCUT2D eigenvalue weighted by atomic mass is 9.82. The molecule has 0 atom stereocenters. The van der Waals surface area contributed by atoms with E-state index in [2.05, 4.69) is 5.16 Å². The largest absolute Gasteiger partial charge is 0.455 e. The number of nitrogens with two attached hydrogens (primary N) is 1. The van der Waals surface area contributed by atoms with Crippen molar-refractivity contribution >= 4 is 22.5 Å². The van der Waals surface area contributed by atoms with Crippen molar-refractivity contribution in [2.24, 2.45) is 10.9 Å². The monoisotopic (exact) mass is 599 g/mol. The minimum atomic E-state index is -4.63. The predicted molar refractivity (Wildman–Crippen MR) is 164 cm³/mol. The molecule has 0 aliphatic heterocycles. The van der Waals surface area contributed by atoms with Gasteiger partial charge >= 0.3 is 6.18 Å². The third-order valence-corrected chi connectivity index (χ3v) is 7.92. The number of rotatable bonds is 8. The molecule has 0 fully saturated rings. The van der Waals surface area contributed by atoms with Gasteiger partial charge in [-0.1, -0.05) is 90.1 Å². The first-order valence-corrected chi connectivity index (χ1v) is 14.0. The summed E-state index contributed by atoms with van der Waals surface area (Å²) in [5.41, 5.74) is 9.98. The van der Waals surface area contributed by atoms with Crippen molar-refractivity contribution in [3.63, 3.8) is 0 Å². The molecule has 4 aromatic carbocycles. The fourth-order valence-corrected chi connectivity index (χ4v) is 5.21. The van der Waals surface area contributed by atoms with Crippen LogP contribution in [-0.4, -0.2) is 21.8 Å². The van der Waals surface area contributed by atoms with Crippen LogP contribution in [0.25, 0.3) is 21.9 Å². The molecule has 1 heterocycles. The lowest BCUT2D eigenvalue weighted by Crippen LogP contribution is -2.35. The summed E-state index contributed by atoms with van der Waals surface area (Å²) in [7, 11) is 0. The highest BCUT2D eigenvalue weighted by atomic mass is 19.4. The van der Waals surface area contributed by atoms with E-state index in [9.17, 15) is 23.2 Å². The summed E-state index contributed by atoms with van der Waals surface area (Å²) in [5, 5.41) is 14.0. The van der Waals surface area contributed by atoms with E-state index in [0.29, 0.717) is 5.56 Å². The molecular formula is C35H32F3N3O3. The molecule has 5 rings (SSSR count). The Labute approximate surface area is 253 Å². The summed E-state index contributed by atoms with van der Waals surface area (Å²) in [6.07, 6.45) is -4.63. The molecule has 0 saturated heterocycles. The SMILES string of the molecule is Cc1ccc2ccccc2c1C(=O)N(Cc1ccc(-c2cccc(C(C)(C)/C(N)=N\O)c2)cc1)Cc1ccc(C(F)(F)F)o1. The van der Waals surface area contributed by atoms with E-state index in [-0.39, 0.29) is 30.6 Å². The van der Waals surface area contributed by atoms with E-state index in [0.717, 1.165) is 44.7 Å². The molecule has 0 spiro atoms. The van der Waals surface area contributed by atoms with Crippen LogP contribution in [0.1, 0.15) is 52.4 Å². The maximum atomic E-state index is 14.1. The van der Waals surface area contributed by atoms with Gasteiger partial charge in [0.05, 0.1) is 17.5 Å². The number of alkyl halides is 3.